The van der Waals surface area contributed by atoms with Gasteiger partial charge in [-0.3, -0.25) is 13.3 Å². The summed E-state index contributed by atoms with van der Waals surface area (Å²) in [6.07, 6.45) is 0. The lowest BCUT2D eigenvalue weighted by atomic mass is 10.1. The zero-order valence-electron chi connectivity index (χ0n) is 8.93. The van der Waals surface area contributed by atoms with Gasteiger partial charge in [-0.15, -0.1) is 0 Å². The highest BCUT2D eigenvalue weighted by molar-refractivity contribution is 7.80. The fourth-order valence-electron chi connectivity index (χ4n) is 0.722. The first-order valence-electron chi connectivity index (χ1n) is 4.12. The number of alkyl halides is 6. The van der Waals surface area contributed by atoms with Crippen molar-refractivity contribution in [1.82, 2.24) is 0 Å². The van der Waals surface area contributed by atoms with E-state index in [4.69, 9.17) is 9.11 Å². The molecule has 1 unspecified atom stereocenters. The van der Waals surface area contributed by atoms with Crippen LogP contribution in [0.5, 0.6) is 0 Å². The number of hydrogen-bond donors (Lipinski definition) is 2. The van der Waals surface area contributed by atoms with Gasteiger partial charge < -0.3 is 0 Å². The van der Waals surface area contributed by atoms with Crippen LogP contribution in [-0.4, -0.2) is 52.7 Å². The molecule has 0 aromatic heterocycles. The summed E-state index contributed by atoms with van der Waals surface area (Å²) in [6, 6.07) is 0. The minimum Gasteiger partial charge on any atom is -0.284 e. The van der Waals surface area contributed by atoms with E-state index in [0.717, 1.165) is 0 Å². The smallest absolute Gasteiger partial charge is 0.284 e. The fourth-order valence-corrected chi connectivity index (χ4v) is 1.27. The van der Waals surface area contributed by atoms with Crippen molar-refractivity contribution in [2.75, 3.05) is 13.2 Å². The van der Waals surface area contributed by atoms with Crippen LogP contribution in [0.25, 0.3) is 0 Å². The van der Waals surface area contributed by atoms with Crippen LogP contribution in [-0.2, 0) is 30.1 Å². The van der Waals surface area contributed by atoms with Gasteiger partial charge in [0.25, 0.3) is 0 Å². The number of hydrogen-bond acceptors (Lipinski definition) is 5. The Morgan fingerprint density at radius 1 is 1.00 bits per heavy atom. The molecule has 0 aromatic carbocycles. The van der Waals surface area contributed by atoms with E-state index in [2.05, 4.69) is 8.37 Å². The summed E-state index contributed by atoms with van der Waals surface area (Å²) in [5.41, 5.74) is 0. The third kappa shape index (κ3) is 5.13. The van der Waals surface area contributed by atoms with Crippen molar-refractivity contribution >= 4 is 21.8 Å². The molecule has 0 saturated heterocycles. The van der Waals surface area contributed by atoms with Crippen molar-refractivity contribution in [3.8, 4) is 0 Å². The van der Waals surface area contributed by atoms with Gasteiger partial charge in [0.05, 0.1) is 0 Å². The Kier molecular flexibility index (Phi) is 5.96. The molecular weight excluding hydrogens is 350 g/mol. The number of rotatable bonds is 8. The quantitative estimate of drug-likeness (QED) is 0.377. The van der Waals surface area contributed by atoms with Crippen molar-refractivity contribution in [1.29, 1.82) is 0 Å². The number of halogens is 6. The molecule has 2 N–H and O–H groups in total. The second-order valence-electron chi connectivity index (χ2n) is 3.15. The van der Waals surface area contributed by atoms with E-state index in [-0.39, 0.29) is 0 Å². The molecule has 0 amide bonds. The van der Waals surface area contributed by atoms with Gasteiger partial charge in [0.2, 0.25) is 0 Å². The summed E-state index contributed by atoms with van der Waals surface area (Å²) in [5.74, 6) is -17.5. The summed E-state index contributed by atoms with van der Waals surface area (Å²) in [7, 11) is -5.57. The average molecular weight is 356 g/mol. The molecule has 0 aliphatic rings. The highest BCUT2D eigenvalue weighted by Gasteiger charge is 2.72. The van der Waals surface area contributed by atoms with Crippen molar-refractivity contribution in [2.45, 2.75) is 17.8 Å². The Morgan fingerprint density at radius 3 is 1.75 bits per heavy atom. The van der Waals surface area contributed by atoms with Crippen LogP contribution in [0.2, 0.25) is 0 Å². The van der Waals surface area contributed by atoms with Crippen molar-refractivity contribution in [2.24, 2.45) is 0 Å². The van der Waals surface area contributed by atoms with E-state index in [0.29, 0.717) is 0 Å². The van der Waals surface area contributed by atoms with Crippen LogP contribution in [0.4, 0.5) is 26.3 Å². The van der Waals surface area contributed by atoms with E-state index in [1.807, 2.05) is 0 Å². The second-order valence-corrected chi connectivity index (χ2v) is 4.91. The second kappa shape index (κ2) is 6.10. The van der Waals surface area contributed by atoms with Crippen LogP contribution in [0, 0.1) is 0 Å². The Bertz CT molecular complexity index is 462. The van der Waals surface area contributed by atoms with Crippen molar-refractivity contribution in [3.05, 3.63) is 0 Å². The standard InChI is InChI=1S/C5H6F6O7S2/c6-3(7,1-17-19(12)13)5(10,11)4(8,9)2-18-20(14,15)16/h1-2H2,(H,12,13)(H,14,15,16). The molecule has 122 valence electrons. The normalized spacial score (nSPS) is 16.2. The lowest BCUT2D eigenvalue weighted by Crippen LogP contribution is -2.58. The predicted octanol–water partition coefficient (Wildman–Crippen LogP) is 0.865. The highest BCUT2D eigenvalue weighted by Crippen LogP contribution is 2.46. The first-order valence-corrected chi connectivity index (χ1v) is 6.51. The molecule has 15 heteroatoms. The molecule has 0 bridgehead atoms. The van der Waals surface area contributed by atoms with Crippen LogP contribution in [0.3, 0.4) is 0 Å². The third-order valence-corrected chi connectivity index (χ3v) is 2.38. The molecule has 0 fully saturated rings. The Hall–Kier alpha value is -0.480. The lowest BCUT2D eigenvalue weighted by molar-refractivity contribution is -0.319. The monoisotopic (exact) mass is 356 g/mol. The largest absolute Gasteiger partial charge is 0.397 e. The zero-order chi connectivity index (χ0) is 16.4. The molecule has 0 aromatic rings. The van der Waals surface area contributed by atoms with E-state index >= 15 is 0 Å². The Balaban J connectivity index is 5.10. The van der Waals surface area contributed by atoms with Crippen LogP contribution >= 0.6 is 0 Å². The van der Waals surface area contributed by atoms with E-state index in [1.165, 1.54) is 0 Å². The van der Waals surface area contributed by atoms with Crippen LogP contribution in [0.1, 0.15) is 0 Å². The van der Waals surface area contributed by atoms with Gasteiger partial charge in [0.15, 0.2) is 0 Å². The molecule has 1 atom stereocenters. The van der Waals surface area contributed by atoms with Gasteiger partial charge in [-0.05, 0) is 0 Å². The first kappa shape index (κ1) is 19.5. The summed E-state index contributed by atoms with van der Waals surface area (Å²) >= 11 is -3.42. The molecular formula is C5H6F6O7S2. The Labute approximate surface area is 110 Å². The minimum atomic E-state index is -6.19. The summed E-state index contributed by atoms with van der Waals surface area (Å²) in [5, 5.41) is 0. The van der Waals surface area contributed by atoms with Gasteiger partial charge >= 0.3 is 39.5 Å². The molecule has 0 aliphatic carbocycles. The van der Waals surface area contributed by atoms with Crippen LogP contribution in [0.15, 0.2) is 0 Å². The maximum Gasteiger partial charge on any atom is 0.397 e. The highest BCUT2D eigenvalue weighted by atomic mass is 32.3. The molecule has 0 aliphatic heterocycles. The zero-order valence-corrected chi connectivity index (χ0v) is 10.6. The molecule has 0 radical (unpaired) electrons. The lowest BCUT2D eigenvalue weighted by Gasteiger charge is -2.31. The third-order valence-electron chi connectivity index (χ3n) is 1.65. The summed E-state index contributed by atoms with van der Waals surface area (Å²) in [6.45, 7) is -5.33. The maximum atomic E-state index is 12.9. The van der Waals surface area contributed by atoms with Gasteiger partial charge in [-0.25, -0.2) is 4.18 Å². The topological polar surface area (TPSA) is 110 Å². The summed E-state index contributed by atoms with van der Waals surface area (Å²) in [4.78, 5) is 0. The molecule has 0 saturated carbocycles. The van der Waals surface area contributed by atoms with Crippen LogP contribution < -0.4 is 0 Å². The molecule has 20 heavy (non-hydrogen) atoms. The first-order chi connectivity index (χ1) is 8.62. The van der Waals surface area contributed by atoms with Crippen molar-refractivity contribution in [3.63, 3.8) is 0 Å². The molecule has 0 spiro atoms. The molecule has 0 heterocycles. The SMILES string of the molecule is O=S(O)OCC(F)(F)C(F)(F)C(F)(F)COS(=O)(=O)O. The molecule has 0 rings (SSSR count). The average Bonchev–Trinajstić information content (AvgIpc) is 2.22. The van der Waals surface area contributed by atoms with E-state index in [1.54, 1.807) is 0 Å². The van der Waals surface area contributed by atoms with Gasteiger partial charge in [-0.2, -0.15) is 39.0 Å². The molecule has 7 nitrogen and oxygen atoms in total. The van der Waals surface area contributed by atoms with E-state index in [9.17, 15) is 39.0 Å². The van der Waals surface area contributed by atoms with Crippen molar-refractivity contribution < 1.29 is 56.4 Å². The van der Waals surface area contributed by atoms with E-state index < -0.39 is 52.7 Å². The maximum absolute atomic E-state index is 12.9. The Morgan fingerprint density at radius 2 is 1.40 bits per heavy atom. The fraction of sp³-hybridized carbons (Fsp3) is 1.00. The van der Waals surface area contributed by atoms with Gasteiger partial charge in [-0.1, -0.05) is 0 Å². The van der Waals surface area contributed by atoms with Gasteiger partial charge in [0, 0.05) is 0 Å². The predicted molar refractivity (Wildman–Crippen MR) is 49.1 cm³/mol. The van der Waals surface area contributed by atoms with Gasteiger partial charge in [0.1, 0.15) is 13.2 Å². The minimum absolute atomic E-state index is 2.55. The summed E-state index contributed by atoms with van der Waals surface area (Å²) < 4.78 is 129.